The minimum Gasteiger partial charge on any atom is -0.493 e. The van der Waals surface area contributed by atoms with Crippen molar-refractivity contribution in [1.82, 2.24) is 10.2 Å². The van der Waals surface area contributed by atoms with Crippen LogP contribution in [0.25, 0.3) is 0 Å². The number of anilines is 1. The molecule has 3 rings (SSSR count). The summed E-state index contributed by atoms with van der Waals surface area (Å²) < 4.78 is 10.6. The van der Waals surface area contributed by atoms with E-state index in [4.69, 9.17) is 9.47 Å². The van der Waals surface area contributed by atoms with Crippen molar-refractivity contribution in [3.63, 3.8) is 0 Å². The second kappa shape index (κ2) is 10.0. The number of methoxy groups -OCH3 is 2. The van der Waals surface area contributed by atoms with Crippen LogP contribution in [-0.2, 0) is 12.8 Å². The predicted molar refractivity (Wildman–Crippen MR) is 116 cm³/mol. The number of nitrogens with zero attached hydrogens (tertiary/aromatic N) is 2. The lowest BCUT2D eigenvalue weighted by molar-refractivity contribution is 0.194. The summed E-state index contributed by atoms with van der Waals surface area (Å²) in [7, 11) is 3.25. The van der Waals surface area contributed by atoms with Gasteiger partial charge in [0.1, 0.15) is 0 Å². The van der Waals surface area contributed by atoms with Crippen LogP contribution >= 0.6 is 0 Å². The Balaban J connectivity index is 1.44. The minimum absolute atomic E-state index is 0.00598. The Labute approximate surface area is 173 Å². The number of carbonyl (C=O) groups is 1. The van der Waals surface area contributed by atoms with Crippen molar-refractivity contribution in [2.45, 2.75) is 19.8 Å². The fraction of sp³-hybridized carbons (Fsp3) is 0.435. The number of ether oxygens (including phenoxy) is 2. The number of carbonyl (C=O) groups excluding carboxylic acids is 1. The Bertz CT molecular complexity index is 800. The molecule has 2 amide bonds. The molecule has 1 saturated heterocycles. The highest BCUT2D eigenvalue weighted by molar-refractivity contribution is 5.74. The number of piperazine rings is 1. The average molecular weight is 398 g/mol. The summed E-state index contributed by atoms with van der Waals surface area (Å²) in [5.41, 5.74) is 3.68. The molecule has 0 aliphatic carbocycles. The van der Waals surface area contributed by atoms with Crippen LogP contribution in [0.1, 0.15) is 18.1 Å². The van der Waals surface area contributed by atoms with Gasteiger partial charge in [0.25, 0.3) is 0 Å². The fourth-order valence-corrected chi connectivity index (χ4v) is 3.57. The van der Waals surface area contributed by atoms with Crippen LogP contribution in [0.4, 0.5) is 10.5 Å². The summed E-state index contributed by atoms with van der Waals surface area (Å²) in [5.74, 6) is 1.42. The molecule has 0 aromatic heterocycles. The predicted octanol–water partition coefficient (Wildman–Crippen LogP) is 3.34. The van der Waals surface area contributed by atoms with Gasteiger partial charge >= 0.3 is 6.03 Å². The molecule has 0 bridgehead atoms. The molecule has 2 aromatic carbocycles. The molecule has 1 aliphatic rings. The smallest absolute Gasteiger partial charge is 0.317 e. The maximum atomic E-state index is 12.5. The first-order chi connectivity index (χ1) is 14.1. The standard InChI is InChI=1S/C23H31N3O3/c1-4-18-5-8-20(9-6-18)25-13-15-26(16-14-25)23(27)24-12-11-19-7-10-21(28-2)22(17-19)29-3/h5-10,17H,4,11-16H2,1-3H3,(H,24,27). The van der Waals surface area contributed by atoms with Crippen LogP contribution < -0.4 is 19.7 Å². The van der Waals surface area contributed by atoms with Crippen molar-refractivity contribution in [3.05, 3.63) is 53.6 Å². The summed E-state index contributed by atoms with van der Waals surface area (Å²) in [6, 6.07) is 14.6. The van der Waals surface area contributed by atoms with Gasteiger partial charge in [-0.3, -0.25) is 0 Å². The molecule has 1 heterocycles. The number of nitrogens with one attached hydrogen (secondary N) is 1. The number of rotatable bonds is 7. The largest absolute Gasteiger partial charge is 0.493 e. The highest BCUT2D eigenvalue weighted by Gasteiger charge is 2.21. The number of aryl methyl sites for hydroxylation is 1. The van der Waals surface area contributed by atoms with Gasteiger partial charge in [-0.1, -0.05) is 25.1 Å². The SMILES string of the molecule is CCc1ccc(N2CCN(C(=O)NCCc3ccc(OC)c(OC)c3)CC2)cc1. The molecule has 1 fully saturated rings. The Morgan fingerprint density at radius 1 is 0.931 bits per heavy atom. The minimum atomic E-state index is 0.00598. The zero-order chi connectivity index (χ0) is 20.6. The molecule has 0 radical (unpaired) electrons. The highest BCUT2D eigenvalue weighted by Crippen LogP contribution is 2.27. The van der Waals surface area contributed by atoms with Crippen molar-refractivity contribution in [3.8, 4) is 11.5 Å². The molecule has 1 N–H and O–H groups in total. The van der Waals surface area contributed by atoms with Crippen LogP contribution in [0.3, 0.4) is 0 Å². The topological polar surface area (TPSA) is 54.0 Å². The fourth-order valence-electron chi connectivity index (χ4n) is 3.57. The van der Waals surface area contributed by atoms with Crippen LogP contribution in [0.2, 0.25) is 0 Å². The van der Waals surface area contributed by atoms with Crippen molar-refractivity contribution < 1.29 is 14.3 Å². The van der Waals surface area contributed by atoms with E-state index in [0.29, 0.717) is 18.0 Å². The molecule has 0 spiro atoms. The van der Waals surface area contributed by atoms with Crippen LogP contribution in [0, 0.1) is 0 Å². The van der Waals surface area contributed by atoms with Gasteiger partial charge in [-0.05, 0) is 48.2 Å². The lowest BCUT2D eigenvalue weighted by atomic mass is 10.1. The summed E-state index contributed by atoms with van der Waals surface area (Å²) in [6.07, 6.45) is 1.80. The Kier molecular flexibility index (Phi) is 7.22. The highest BCUT2D eigenvalue weighted by atomic mass is 16.5. The number of urea groups is 1. The van der Waals surface area contributed by atoms with E-state index in [0.717, 1.165) is 44.6 Å². The van der Waals surface area contributed by atoms with Gasteiger partial charge in [0.2, 0.25) is 0 Å². The van der Waals surface area contributed by atoms with E-state index in [9.17, 15) is 4.79 Å². The molecule has 1 aliphatic heterocycles. The maximum absolute atomic E-state index is 12.5. The zero-order valence-corrected chi connectivity index (χ0v) is 17.6. The second-order valence-corrected chi connectivity index (χ2v) is 7.17. The van der Waals surface area contributed by atoms with Crippen molar-refractivity contribution >= 4 is 11.7 Å². The van der Waals surface area contributed by atoms with Crippen molar-refractivity contribution in [2.24, 2.45) is 0 Å². The lowest BCUT2D eigenvalue weighted by Gasteiger charge is -2.36. The number of amides is 2. The summed E-state index contributed by atoms with van der Waals surface area (Å²) in [5, 5.41) is 3.03. The van der Waals surface area contributed by atoms with Gasteiger partial charge in [-0.2, -0.15) is 0 Å². The van der Waals surface area contributed by atoms with Crippen LogP contribution in [0.5, 0.6) is 11.5 Å². The van der Waals surface area contributed by atoms with Gasteiger partial charge in [0.05, 0.1) is 14.2 Å². The molecule has 6 nitrogen and oxygen atoms in total. The van der Waals surface area contributed by atoms with E-state index in [1.807, 2.05) is 23.1 Å². The monoisotopic (exact) mass is 397 g/mol. The van der Waals surface area contributed by atoms with Crippen molar-refractivity contribution in [1.29, 1.82) is 0 Å². The molecular formula is C23H31N3O3. The Morgan fingerprint density at radius 3 is 2.21 bits per heavy atom. The third-order valence-electron chi connectivity index (χ3n) is 5.41. The van der Waals surface area contributed by atoms with E-state index in [1.54, 1.807) is 14.2 Å². The summed E-state index contributed by atoms with van der Waals surface area (Å²) >= 11 is 0. The molecule has 0 atom stereocenters. The third-order valence-corrected chi connectivity index (χ3v) is 5.41. The van der Waals surface area contributed by atoms with E-state index >= 15 is 0 Å². The van der Waals surface area contributed by atoms with Crippen LogP contribution in [-0.4, -0.2) is 57.9 Å². The van der Waals surface area contributed by atoms with Gasteiger partial charge in [-0.15, -0.1) is 0 Å². The lowest BCUT2D eigenvalue weighted by Crippen LogP contribution is -2.52. The normalized spacial score (nSPS) is 13.9. The molecule has 0 saturated carbocycles. The number of hydrogen-bond donors (Lipinski definition) is 1. The quantitative estimate of drug-likeness (QED) is 0.779. The van der Waals surface area contributed by atoms with Gasteiger partial charge in [-0.25, -0.2) is 4.79 Å². The van der Waals surface area contributed by atoms with Gasteiger partial charge in [0.15, 0.2) is 11.5 Å². The maximum Gasteiger partial charge on any atom is 0.317 e. The van der Waals surface area contributed by atoms with E-state index in [-0.39, 0.29) is 6.03 Å². The van der Waals surface area contributed by atoms with E-state index in [1.165, 1.54) is 11.3 Å². The van der Waals surface area contributed by atoms with Gasteiger partial charge < -0.3 is 24.6 Å². The third kappa shape index (κ3) is 5.34. The van der Waals surface area contributed by atoms with Crippen LogP contribution in [0.15, 0.2) is 42.5 Å². The van der Waals surface area contributed by atoms with E-state index < -0.39 is 0 Å². The zero-order valence-electron chi connectivity index (χ0n) is 17.6. The molecular weight excluding hydrogens is 366 g/mol. The summed E-state index contributed by atoms with van der Waals surface area (Å²) in [6.45, 7) is 5.93. The van der Waals surface area contributed by atoms with E-state index in [2.05, 4.69) is 41.4 Å². The molecule has 156 valence electrons. The first kappa shape index (κ1) is 20.8. The molecule has 0 unspecified atom stereocenters. The first-order valence-corrected chi connectivity index (χ1v) is 10.2. The Hall–Kier alpha value is -2.89. The molecule has 6 heteroatoms. The Morgan fingerprint density at radius 2 is 1.59 bits per heavy atom. The number of benzene rings is 2. The average Bonchev–Trinajstić information content (AvgIpc) is 2.79. The molecule has 29 heavy (non-hydrogen) atoms. The van der Waals surface area contributed by atoms with Gasteiger partial charge in [0, 0.05) is 38.4 Å². The number of hydrogen-bond acceptors (Lipinski definition) is 4. The van der Waals surface area contributed by atoms with Crippen molar-refractivity contribution in [2.75, 3.05) is 51.8 Å². The molecule has 2 aromatic rings. The summed E-state index contributed by atoms with van der Waals surface area (Å²) in [4.78, 5) is 16.7. The second-order valence-electron chi connectivity index (χ2n) is 7.17. The first-order valence-electron chi connectivity index (χ1n) is 10.2.